The number of methoxy groups -OCH3 is 1. The number of ether oxygens (including phenoxy) is 1. The molecule has 1 aromatic rings. The predicted octanol–water partition coefficient (Wildman–Crippen LogP) is 1.22. The molecule has 3 rings (SSSR count). The van der Waals surface area contributed by atoms with Gasteiger partial charge in [-0.05, 0) is 37.7 Å². The Morgan fingerprint density at radius 3 is 2.44 bits per heavy atom. The minimum Gasteiger partial charge on any atom is -0.464 e. The number of sulfonamides is 1. The summed E-state index contributed by atoms with van der Waals surface area (Å²) in [6, 6.07) is 0.647. The Labute approximate surface area is 160 Å². The lowest BCUT2D eigenvalue weighted by Gasteiger charge is -2.34. The molecule has 0 aliphatic carbocycles. The largest absolute Gasteiger partial charge is 0.464 e. The molecule has 0 bridgehead atoms. The molecule has 2 fully saturated rings. The van der Waals surface area contributed by atoms with E-state index in [0.717, 1.165) is 12.8 Å². The Morgan fingerprint density at radius 1 is 1.15 bits per heavy atom. The highest BCUT2D eigenvalue weighted by atomic mass is 32.2. The van der Waals surface area contributed by atoms with Gasteiger partial charge in [0.05, 0.1) is 7.11 Å². The predicted molar refractivity (Wildman–Crippen MR) is 98.6 cm³/mol. The normalized spacial score (nSPS) is 22.2. The van der Waals surface area contributed by atoms with Crippen LogP contribution in [-0.2, 0) is 26.6 Å². The van der Waals surface area contributed by atoms with Crippen molar-refractivity contribution in [3.63, 3.8) is 0 Å². The van der Waals surface area contributed by atoms with E-state index in [1.54, 1.807) is 11.9 Å². The zero-order chi connectivity index (χ0) is 19.8. The van der Waals surface area contributed by atoms with Crippen molar-refractivity contribution in [2.45, 2.75) is 43.5 Å². The molecule has 2 saturated heterocycles. The summed E-state index contributed by atoms with van der Waals surface area (Å²) < 4.78 is 33.7. The van der Waals surface area contributed by atoms with Crippen LogP contribution in [0.4, 0.5) is 0 Å². The number of hydrogen-bond donors (Lipinski definition) is 0. The Morgan fingerprint density at radius 2 is 1.81 bits per heavy atom. The van der Waals surface area contributed by atoms with Crippen LogP contribution >= 0.6 is 0 Å². The van der Waals surface area contributed by atoms with Crippen LogP contribution in [0.3, 0.4) is 0 Å². The van der Waals surface area contributed by atoms with Crippen LogP contribution in [0.1, 0.15) is 43.1 Å². The third-order valence-corrected chi connectivity index (χ3v) is 7.44. The molecule has 2 aliphatic rings. The molecular weight excluding hydrogens is 370 g/mol. The molecule has 27 heavy (non-hydrogen) atoms. The van der Waals surface area contributed by atoms with Crippen molar-refractivity contribution in [2.24, 2.45) is 13.0 Å². The maximum absolute atomic E-state index is 13.2. The van der Waals surface area contributed by atoms with Crippen LogP contribution < -0.4 is 0 Å². The first kappa shape index (κ1) is 19.9. The maximum Gasteiger partial charge on any atom is 0.354 e. The average Bonchev–Trinajstić information content (AvgIpc) is 3.28. The molecule has 9 heteroatoms. The summed E-state index contributed by atoms with van der Waals surface area (Å²) in [5.41, 5.74) is 0.156. The molecule has 0 spiro atoms. The summed E-state index contributed by atoms with van der Waals surface area (Å²) in [5, 5.41) is 0. The molecule has 0 aromatic carbocycles. The molecule has 3 heterocycles. The fourth-order valence-electron chi connectivity index (χ4n) is 3.83. The lowest BCUT2D eigenvalue weighted by atomic mass is 9.98. The van der Waals surface area contributed by atoms with Gasteiger partial charge in [0.25, 0.3) is 0 Å². The second-order valence-electron chi connectivity index (χ2n) is 7.45. The van der Waals surface area contributed by atoms with Gasteiger partial charge in [-0.2, -0.15) is 4.31 Å². The topological polar surface area (TPSA) is 88.9 Å². The number of esters is 1. The number of aryl methyl sites for hydroxylation is 1. The molecule has 2 aliphatic heterocycles. The van der Waals surface area contributed by atoms with Crippen LogP contribution in [0, 0.1) is 5.92 Å². The number of rotatable bonds is 4. The highest BCUT2D eigenvalue weighted by Crippen LogP contribution is 2.29. The van der Waals surface area contributed by atoms with Crippen molar-refractivity contribution in [3.8, 4) is 0 Å². The van der Waals surface area contributed by atoms with Crippen LogP contribution in [0.25, 0.3) is 0 Å². The van der Waals surface area contributed by atoms with Crippen LogP contribution in [0.5, 0.6) is 0 Å². The van der Waals surface area contributed by atoms with E-state index in [2.05, 4.69) is 11.7 Å². The van der Waals surface area contributed by atoms with E-state index in [1.807, 2.05) is 0 Å². The standard InChI is InChI=1S/C18H27N3O5S/c1-13-6-9-20(10-7-13)17(22)15-5-4-8-21(15)27(24,25)14-11-16(18(23)26-3)19(2)12-14/h11-13,15H,4-10H2,1-3H3. The van der Waals surface area contributed by atoms with Crippen LogP contribution in [-0.4, -0.2) is 66.9 Å². The number of nitrogens with zero attached hydrogens (tertiary/aromatic N) is 3. The van der Waals surface area contributed by atoms with Crippen molar-refractivity contribution in [3.05, 3.63) is 18.0 Å². The Kier molecular flexibility index (Phi) is 5.62. The number of carbonyl (C=O) groups is 2. The number of carbonyl (C=O) groups excluding carboxylic acids is 2. The van der Waals surface area contributed by atoms with Gasteiger partial charge in [-0.25, -0.2) is 13.2 Å². The first-order valence-corrected chi connectivity index (χ1v) is 10.7. The summed E-state index contributed by atoms with van der Waals surface area (Å²) in [5.74, 6) is -0.110. The summed E-state index contributed by atoms with van der Waals surface area (Å²) in [7, 11) is -1.03. The van der Waals surface area contributed by atoms with Gasteiger partial charge in [0.15, 0.2) is 0 Å². The van der Waals surface area contributed by atoms with E-state index in [0.29, 0.717) is 38.4 Å². The molecule has 150 valence electrons. The lowest BCUT2D eigenvalue weighted by Crippen LogP contribution is -2.49. The first-order valence-electron chi connectivity index (χ1n) is 9.31. The van der Waals surface area contributed by atoms with E-state index >= 15 is 0 Å². The highest BCUT2D eigenvalue weighted by Gasteiger charge is 2.42. The van der Waals surface area contributed by atoms with Gasteiger partial charge in [-0.3, -0.25) is 4.79 Å². The van der Waals surface area contributed by atoms with Crippen molar-refractivity contribution >= 4 is 21.9 Å². The molecule has 0 radical (unpaired) electrons. The van der Waals surface area contributed by atoms with Gasteiger partial charge in [-0.1, -0.05) is 6.92 Å². The SMILES string of the molecule is COC(=O)c1cc(S(=O)(=O)N2CCCC2C(=O)N2CCC(C)CC2)cn1C. The number of hydrogen-bond acceptors (Lipinski definition) is 5. The van der Waals surface area contributed by atoms with Gasteiger partial charge in [0, 0.05) is 32.9 Å². The van der Waals surface area contributed by atoms with Crippen molar-refractivity contribution in [2.75, 3.05) is 26.7 Å². The minimum absolute atomic E-state index is 0.0115. The van der Waals surface area contributed by atoms with E-state index < -0.39 is 22.0 Å². The smallest absolute Gasteiger partial charge is 0.354 e. The number of piperidine rings is 1. The third-order valence-electron chi connectivity index (χ3n) is 5.57. The number of amides is 1. The van der Waals surface area contributed by atoms with E-state index in [1.165, 1.54) is 28.2 Å². The summed E-state index contributed by atoms with van der Waals surface area (Å²) >= 11 is 0. The monoisotopic (exact) mass is 397 g/mol. The van der Waals surface area contributed by atoms with Gasteiger partial charge in [0.1, 0.15) is 16.6 Å². The van der Waals surface area contributed by atoms with E-state index in [9.17, 15) is 18.0 Å². The minimum atomic E-state index is -3.87. The van der Waals surface area contributed by atoms with Crippen molar-refractivity contribution in [1.82, 2.24) is 13.8 Å². The van der Waals surface area contributed by atoms with Crippen molar-refractivity contribution < 1.29 is 22.7 Å². The fraction of sp³-hybridized carbons (Fsp3) is 0.667. The first-order chi connectivity index (χ1) is 12.8. The molecule has 1 amide bonds. The average molecular weight is 397 g/mol. The zero-order valence-electron chi connectivity index (χ0n) is 16.1. The van der Waals surface area contributed by atoms with Gasteiger partial charge in [-0.15, -0.1) is 0 Å². The highest BCUT2D eigenvalue weighted by molar-refractivity contribution is 7.89. The summed E-state index contributed by atoms with van der Waals surface area (Å²) in [6.07, 6.45) is 4.47. The Balaban J connectivity index is 1.83. The van der Waals surface area contributed by atoms with Gasteiger partial charge < -0.3 is 14.2 Å². The Bertz CT molecular complexity index is 824. The number of likely N-dealkylation sites (tertiary alicyclic amines) is 1. The molecule has 0 saturated carbocycles. The summed E-state index contributed by atoms with van der Waals surface area (Å²) in [6.45, 7) is 3.85. The molecule has 1 unspecified atom stereocenters. The zero-order valence-corrected chi connectivity index (χ0v) is 16.9. The maximum atomic E-state index is 13.2. The fourth-order valence-corrected chi connectivity index (χ4v) is 5.56. The van der Waals surface area contributed by atoms with Crippen LogP contribution in [0.15, 0.2) is 17.2 Å². The number of aromatic nitrogens is 1. The molecule has 1 aromatic heterocycles. The van der Waals surface area contributed by atoms with Gasteiger partial charge in [0.2, 0.25) is 15.9 Å². The molecule has 8 nitrogen and oxygen atoms in total. The van der Waals surface area contributed by atoms with Crippen molar-refractivity contribution in [1.29, 1.82) is 0 Å². The van der Waals surface area contributed by atoms with E-state index in [4.69, 9.17) is 0 Å². The second-order valence-corrected chi connectivity index (χ2v) is 9.34. The third kappa shape index (κ3) is 3.75. The quantitative estimate of drug-likeness (QED) is 0.713. The molecular formula is C18H27N3O5S. The molecule has 1 atom stereocenters. The van der Waals surface area contributed by atoms with E-state index in [-0.39, 0.29) is 16.5 Å². The second kappa shape index (κ2) is 7.63. The molecule has 0 N–H and O–H groups in total. The van der Waals surface area contributed by atoms with Crippen LogP contribution in [0.2, 0.25) is 0 Å². The Hall–Kier alpha value is -1.87. The van der Waals surface area contributed by atoms with Gasteiger partial charge >= 0.3 is 5.97 Å². The summed E-state index contributed by atoms with van der Waals surface area (Å²) in [4.78, 5) is 26.6. The lowest BCUT2D eigenvalue weighted by molar-refractivity contribution is -0.135.